The third kappa shape index (κ3) is 8.54. The molecule has 0 aromatic carbocycles. The lowest BCUT2D eigenvalue weighted by molar-refractivity contribution is 0.0801. The lowest BCUT2D eigenvalue weighted by atomic mass is 10.0. The Bertz CT molecular complexity index is 384. The van der Waals surface area contributed by atoms with Crippen molar-refractivity contribution in [2.75, 3.05) is 6.61 Å². The molecular weight excluding hydrogens is 280 g/mol. The second kappa shape index (κ2) is 9.54. The van der Waals surface area contributed by atoms with E-state index in [0.29, 0.717) is 12.5 Å². The summed E-state index contributed by atoms with van der Waals surface area (Å²) in [5, 5.41) is 6.72. The molecule has 0 aliphatic carbocycles. The van der Waals surface area contributed by atoms with Crippen LogP contribution in [0.5, 0.6) is 0 Å². The number of ether oxygens (including phenoxy) is 1. The zero-order valence-corrected chi connectivity index (χ0v) is 15.2. The first kappa shape index (κ1) is 18.6. The fraction of sp³-hybridized carbons (Fsp3) is 0.824. The number of thiazole rings is 1. The molecule has 0 amide bonds. The molecule has 21 heavy (non-hydrogen) atoms. The van der Waals surface area contributed by atoms with Crippen molar-refractivity contribution in [1.29, 1.82) is 0 Å². The molecule has 0 saturated carbocycles. The zero-order chi connectivity index (χ0) is 15.7. The molecule has 0 aliphatic heterocycles. The van der Waals surface area contributed by atoms with E-state index in [2.05, 4.69) is 50.3 Å². The summed E-state index contributed by atoms with van der Waals surface area (Å²) in [6, 6.07) is 0. The Morgan fingerprint density at radius 1 is 1.33 bits per heavy atom. The topological polar surface area (TPSA) is 34.1 Å². The third-order valence-corrected chi connectivity index (χ3v) is 4.41. The molecule has 0 fully saturated rings. The van der Waals surface area contributed by atoms with E-state index in [1.165, 1.54) is 25.7 Å². The van der Waals surface area contributed by atoms with Crippen LogP contribution in [0.15, 0.2) is 5.38 Å². The van der Waals surface area contributed by atoms with Gasteiger partial charge in [-0.2, -0.15) is 0 Å². The Balaban J connectivity index is 2.28. The number of aromatic nitrogens is 1. The molecule has 1 aromatic heterocycles. The lowest BCUT2D eigenvalue weighted by Crippen LogP contribution is -2.35. The minimum Gasteiger partial charge on any atom is -0.375 e. The first-order valence-electron chi connectivity index (χ1n) is 8.20. The van der Waals surface area contributed by atoms with Crippen LogP contribution in [0.4, 0.5) is 0 Å². The van der Waals surface area contributed by atoms with E-state index in [1.54, 1.807) is 11.3 Å². The van der Waals surface area contributed by atoms with Gasteiger partial charge in [0, 0.05) is 24.1 Å². The molecule has 1 aromatic rings. The lowest BCUT2D eigenvalue weighted by Gasteiger charge is -2.19. The molecule has 0 radical (unpaired) electrons. The third-order valence-electron chi connectivity index (χ3n) is 3.52. The van der Waals surface area contributed by atoms with Crippen molar-refractivity contribution in [3.8, 4) is 0 Å². The van der Waals surface area contributed by atoms with E-state index < -0.39 is 0 Å². The van der Waals surface area contributed by atoms with Gasteiger partial charge in [0.05, 0.1) is 12.3 Å². The first-order valence-corrected chi connectivity index (χ1v) is 9.08. The van der Waals surface area contributed by atoms with Gasteiger partial charge in [0.1, 0.15) is 5.01 Å². The van der Waals surface area contributed by atoms with Crippen molar-refractivity contribution in [3.05, 3.63) is 16.1 Å². The fourth-order valence-electron chi connectivity index (χ4n) is 2.07. The van der Waals surface area contributed by atoms with Gasteiger partial charge in [0.2, 0.25) is 0 Å². The Hall–Kier alpha value is -0.450. The molecule has 1 atom stereocenters. The summed E-state index contributed by atoms with van der Waals surface area (Å²) in [5.41, 5.74) is 1.20. The van der Waals surface area contributed by atoms with E-state index in [-0.39, 0.29) is 5.54 Å². The Morgan fingerprint density at radius 2 is 2.10 bits per heavy atom. The zero-order valence-electron chi connectivity index (χ0n) is 14.4. The summed E-state index contributed by atoms with van der Waals surface area (Å²) in [5.74, 6) is 0.700. The Kier molecular flexibility index (Phi) is 8.45. The number of unbranched alkanes of at least 4 members (excludes halogenated alkanes) is 1. The highest BCUT2D eigenvalue weighted by molar-refractivity contribution is 7.09. The van der Waals surface area contributed by atoms with E-state index in [1.807, 2.05) is 0 Å². The second-order valence-corrected chi connectivity index (χ2v) is 7.71. The largest absolute Gasteiger partial charge is 0.375 e. The van der Waals surface area contributed by atoms with Crippen LogP contribution in [0, 0.1) is 5.92 Å². The van der Waals surface area contributed by atoms with Gasteiger partial charge in [0.15, 0.2) is 0 Å². The van der Waals surface area contributed by atoms with E-state index in [0.717, 1.165) is 23.9 Å². The number of nitrogens with one attached hydrogen (secondary N) is 1. The van der Waals surface area contributed by atoms with Gasteiger partial charge in [-0.05, 0) is 33.1 Å². The predicted molar refractivity (Wildman–Crippen MR) is 91.7 cm³/mol. The number of hydrogen-bond donors (Lipinski definition) is 1. The second-order valence-electron chi connectivity index (χ2n) is 6.77. The monoisotopic (exact) mass is 312 g/mol. The summed E-state index contributed by atoms with van der Waals surface area (Å²) in [6.07, 6.45) is 5.07. The van der Waals surface area contributed by atoms with Crippen LogP contribution in [0.1, 0.15) is 71.0 Å². The number of rotatable bonds is 10. The molecule has 0 aliphatic rings. The standard InChI is InChI=1S/C17H32N2OS/c1-6-8-9-14(7-2)11-20-12-15-13-21-16(19-15)10-18-17(3,4)5/h13-14,18H,6-12H2,1-5H3. The van der Waals surface area contributed by atoms with Crippen LogP contribution in [0.25, 0.3) is 0 Å². The minimum atomic E-state index is 0.135. The molecular formula is C17H32N2OS. The first-order chi connectivity index (χ1) is 9.94. The molecule has 0 saturated heterocycles. The highest BCUT2D eigenvalue weighted by Gasteiger charge is 2.11. The molecule has 4 heteroatoms. The molecule has 122 valence electrons. The highest BCUT2D eigenvalue weighted by Crippen LogP contribution is 2.15. The molecule has 0 bridgehead atoms. The SMILES string of the molecule is CCCCC(CC)COCc1csc(CNC(C)(C)C)n1. The smallest absolute Gasteiger partial charge is 0.107 e. The summed E-state index contributed by atoms with van der Waals surface area (Å²) >= 11 is 1.72. The summed E-state index contributed by atoms with van der Waals surface area (Å²) in [4.78, 5) is 4.63. The highest BCUT2D eigenvalue weighted by atomic mass is 32.1. The molecule has 1 unspecified atom stereocenters. The van der Waals surface area contributed by atoms with Crippen LogP contribution < -0.4 is 5.32 Å². The van der Waals surface area contributed by atoms with Gasteiger partial charge in [-0.3, -0.25) is 0 Å². The normalized spacial score (nSPS) is 13.6. The number of nitrogens with zero attached hydrogens (tertiary/aromatic N) is 1. The van der Waals surface area contributed by atoms with E-state index in [4.69, 9.17) is 4.74 Å². The maximum atomic E-state index is 5.85. The molecule has 1 N–H and O–H groups in total. The maximum absolute atomic E-state index is 5.85. The van der Waals surface area contributed by atoms with Gasteiger partial charge in [0.25, 0.3) is 0 Å². The predicted octanol–water partition coefficient (Wildman–Crippen LogP) is 4.76. The fourth-order valence-corrected chi connectivity index (χ4v) is 2.78. The van der Waals surface area contributed by atoms with Crippen molar-refractivity contribution in [3.63, 3.8) is 0 Å². The van der Waals surface area contributed by atoms with Crippen molar-refractivity contribution >= 4 is 11.3 Å². The molecule has 1 rings (SSSR count). The summed E-state index contributed by atoms with van der Waals surface area (Å²) < 4.78 is 5.85. The van der Waals surface area contributed by atoms with Gasteiger partial charge < -0.3 is 10.1 Å². The Morgan fingerprint density at radius 3 is 2.71 bits per heavy atom. The van der Waals surface area contributed by atoms with Crippen LogP contribution in [-0.4, -0.2) is 17.1 Å². The van der Waals surface area contributed by atoms with Crippen molar-refractivity contribution < 1.29 is 4.74 Å². The van der Waals surface area contributed by atoms with Crippen molar-refractivity contribution in [2.24, 2.45) is 5.92 Å². The van der Waals surface area contributed by atoms with Gasteiger partial charge in [-0.1, -0.05) is 33.1 Å². The summed E-state index contributed by atoms with van der Waals surface area (Å²) in [6.45, 7) is 13.4. The van der Waals surface area contributed by atoms with Crippen molar-refractivity contribution in [2.45, 2.75) is 79.0 Å². The van der Waals surface area contributed by atoms with Crippen LogP contribution in [-0.2, 0) is 17.9 Å². The van der Waals surface area contributed by atoms with E-state index in [9.17, 15) is 0 Å². The molecule has 0 spiro atoms. The van der Waals surface area contributed by atoms with Gasteiger partial charge >= 0.3 is 0 Å². The van der Waals surface area contributed by atoms with Crippen LogP contribution in [0.3, 0.4) is 0 Å². The van der Waals surface area contributed by atoms with Crippen LogP contribution >= 0.6 is 11.3 Å². The average molecular weight is 313 g/mol. The summed E-state index contributed by atoms with van der Waals surface area (Å²) in [7, 11) is 0. The maximum Gasteiger partial charge on any atom is 0.107 e. The average Bonchev–Trinajstić information content (AvgIpc) is 2.87. The van der Waals surface area contributed by atoms with Crippen LogP contribution in [0.2, 0.25) is 0 Å². The molecule has 3 nitrogen and oxygen atoms in total. The van der Waals surface area contributed by atoms with Gasteiger partial charge in [-0.15, -0.1) is 11.3 Å². The number of hydrogen-bond acceptors (Lipinski definition) is 4. The van der Waals surface area contributed by atoms with E-state index >= 15 is 0 Å². The quantitative estimate of drug-likeness (QED) is 0.676. The van der Waals surface area contributed by atoms with Gasteiger partial charge in [-0.25, -0.2) is 4.98 Å². The Labute approximate surface area is 134 Å². The molecule has 1 heterocycles. The minimum absolute atomic E-state index is 0.135. The van der Waals surface area contributed by atoms with Crippen molar-refractivity contribution in [1.82, 2.24) is 10.3 Å².